The van der Waals surface area contributed by atoms with E-state index in [0.717, 1.165) is 24.0 Å². The average Bonchev–Trinajstić information content (AvgIpc) is 2.53. The van der Waals surface area contributed by atoms with Gasteiger partial charge in [0.15, 0.2) is 5.96 Å². The number of nitrogens with one attached hydrogen (secondary N) is 2. The third-order valence-corrected chi connectivity index (χ3v) is 5.25. The number of hydrogen-bond donors (Lipinski definition) is 3. The largest absolute Gasteiger partial charge is 0.370 e. The van der Waals surface area contributed by atoms with E-state index in [1.807, 2.05) is 19.1 Å². The zero-order valence-corrected chi connectivity index (χ0v) is 18.5. The van der Waals surface area contributed by atoms with Crippen molar-refractivity contribution in [2.24, 2.45) is 10.7 Å². The van der Waals surface area contributed by atoms with E-state index < -0.39 is 10.0 Å². The number of halogens is 1. The third-order valence-electron chi connectivity index (χ3n) is 3.65. The normalized spacial score (nSPS) is 11.9. The minimum atomic E-state index is -3.51. The van der Waals surface area contributed by atoms with E-state index in [4.69, 9.17) is 5.73 Å². The Morgan fingerprint density at radius 2 is 1.88 bits per heavy atom. The summed E-state index contributed by atoms with van der Waals surface area (Å²) < 4.78 is 27.2. The Bertz CT molecular complexity index is 648. The summed E-state index contributed by atoms with van der Waals surface area (Å²) in [6.07, 6.45) is 4.58. The van der Waals surface area contributed by atoms with Gasteiger partial charge in [0.05, 0.1) is 4.90 Å². The van der Waals surface area contributed by atoms with Gasteiger partial charge in [-0.15, -0.1) is 24.0 Å². The van der Waals surface area contributed by atoms with E-state index in [0.29, 0.717) is 23.9 Å². The van der Waals surface area contributed by atoms with E-state index >= 15 is 0 Å². The van der Waals surface area contributed by atoms with Gasteiger partial charge in [-0.1, -0.05) is 38.3 Å². The lowest BCUT2D eigenvalue weighted by Gasteiger charge is -2.11. The summed E-state index contributed by atoms with van der Waals surface area (Å²) in [7, 11) is -3.51. The van der Waals surface area contributed by atoms with Crippen LogP contribution >= 0.6 is 24.0 Å². The van der Waals surface area contributed by atoms with Crippen LogP contribution in [0.15, 0.2) is 28.1 Å². The van der Waals surface area contributed by atoms with E-state index in [1.165, 1.54) is 12.8 Å². The highest BCUT2D eigenvalue weighted by Crippen LogP contribution is 2.16. The van der Waals surface area contributed by atoms with Gasteiger partial charge < -0.3 is 11.1 Å². The molecule has 0 saturated heterocycles. The number of sulfonamides is 1. The summed E-state index contributed by atoms with van der Waals surface area (Å²) in [6, 6.07) is 5.39. The summed E-state index contributed by atoms with van der Waals surface area (Å²) in [6.45, 7) is 7.18. The number of benzene rings is 1. The highest BCUT2D eigenvalue weighted by Gasteiger charge is 2.16. The average molecular weight is 482 g/mol. The number of rotatable bonds is 10. The predicted molar refractivity (Wildman–Crippen MR) is 115 cm³/mol. The molecule has 1 rings (SSSR count). The molecule has 0 saturated carbocycles. The topological polar surface area (TPSA) is 96.6 Å². The molecule has 0 aliphatic carbocycles. The molecule has 0 atom stereocenters. The summed E-state index contributed by atoms with van der Waals surface area (Å²) in [5.41, 5.74) is 7.40. The first-order valence-corrected chi connectivity index (χ1v) is 9.96. The highest BCUT2D eigenvalue weighted by atomic mass is 127. The molecule has 0 heterocycles. The van der Waals surface area contributed by atoms with Crippen molar-refractivity contribution in [1.29, 1.82) is 0 Å². The van der Waals surface area contributed by atoms with Crippen molar-refractivity contribution in [2.75, 3.05) is 19.6 Å². The molecule has 0 radical (unpaired) electrons. The van der Waals surface area contributed by atoms with Gasteiger partial charge in [0.2, 0.25) is 10.0 Å². The molecule has 8 heteroatoms. The van der Waals surface area contributed by atoms with Crippen LogP contribution in [0.25, 0.3) is 0 Å². The Hall–Kier alpha value is -0.870. The van der Waals surface area contributed by atoms with Gasteiger partial charge in [0, 0.05) is 19.6 Å². The first-order chi connectivity index (χ1) is 11.4. The summed E-state index contributed by atoms with van der Waals surface area (Å²) in [4.78, 5) is 4.54. The van der Waals surface area contributed by atoms with Crippen LogP contribution in [0.5, 0.6) is 0 Å². The van der Waals surface area contributed by atoms with Crippen molar-refractivity contribution in [3.63, 3.8) is 0 Å². The van der Waals surface area contributed by atoms with E-state index in [-0.39, 0.29) is 30.5 Å². The maximum atomic E-state index is 12.3. The molecule has 0 aliphatic rings. The second-order valence-corrected chi connectivity index (χ2v) is 7.66. The number of nitrogens with zero attached hydrogens (tertiary/aromatic N) is 1. The molecule has 144 valence electrons. The molecule has 1 aromatic rings. The van der Waals surface area contributed by atoms with Gasteiger partial charge in [0.25, 0.3) is 0 Å². The standard InChI is InChI=1S/C17H30N4O2S.HI/c1-4-5-6-7-10-19-17(18)20-11-12-21-24(22,23)16-13-14(2)8-9-15(16)3;/h8-9,13,21H,4-7,10-12H2,1-3H3,(H3,18,19,20);1H. The molecule has 0 aromatic heterocycles. The van der Waals surface area contributed by atoms with Crippen molar-refractivity contribution in [3.05, 3.63) is 29.3 Å². The van der Waals surface area contributed by atoms with Gasteiger partial charge >= 0.3 is 0 Å². The maximum Gasteiger partial charge on any atom is 0.240 e. The van der Waals surface area contributed by atoms with Crippen molar-refractivity contribution in [3.8, 4) is 0 Å². The lowest BCUT2D eigenvalue weighted by Crippen LogP contribution is -2.38. The van der Waals surface area contributed by atoms with Crippen molar-refractivity contribution in [2.45, 2.75) is 51.3 Å². The zero-order valence-electron chi connectivity index (χ0n) is 15.3. The monoisotopic (exact) mass is 482 g/mol. The number of guanidine groups is 1. The molecule has 6 nitrogen and oxygen atoms in total. The lowest BCUT2D eigenvalue weighted by atomic mass is 10.2. The van der Waals surface area contributed by atoms with Crippen LogP contribution in [0.1, 0.15) is 43.7 Å². The van der Waals surface area contributed by atoms with Crippen LogP contribution < -0.4 is 15.8 Å². The first-order valence-electron chi connectivity index (χ1n) is 8.47. The molecular weight excluding hydrogens is 451 g/mol. The quantitative estimate of drug-likeness (QED) is 0.207. The smallest absolute Gasteiger partial charge is 0.240 e. The van der Waals surface area contributed by atoms with Crippen LogP contribution in [0.2, 0.25) is 0 Å². The van der Waals surface area contributed by atoms with Gasteiger partial charge in [-0.2, -0.15) is 0 Å². The fourth-order valence-electron chi connectivity index (χ4n) is 2.24. The van der Waals surface area contributed by atoms with Crippen LogP contribution in [0.4, 0.5) is 0 Å². The van der Waals surface area contributed by atoms with E-state index in [1.54, 1.807) is 13.0 Å². The Labute approximate surface area is 169 Å². The van der Waals surface area contributed by atoms with Gasteiger partial charge in [0.1, 0.15) is 0 Å². The summed E-state index contributed by atoms with van der Waals surface area (Å²) >= 11 is 0. The van der Waals surface area contributed by atoms with Crippen LogP contribution in [-0.2, 0) is 10.0 Å². The molecule has 0 unspecified atom stereocenters. The summed E-state index contributed by atoms with van der Waals surface area (Å²) in [5.74, 6) is 0.359. The van der Waals surface area contributed by atoms with Crippen LogP contribution in [0.3, 0.4) is 0 Å². The maximum absolute atomic E-state index is 12.3. The molecule has 0 aliphatic heterocycles. The molecule has 0 bridgehead atoms. The van der Waals surface area contributed by atoms with Crippen molar-refractivity contribution < 1.29 is 8.42 Å². The minimum absolute atomic E-state index is 0. The van der Waals surface area contributed by atoms with Crippen molar-refractivity contribution in [1.82, 2.24) is 10.0 Å². The number of nitrogens with two attached hydrogens (primary N) is 1. The van der Waals surface area contributed by atoms with Gasteiger partial charge in [-0.3, -0.25) is 4.99 Å². The number of aliphatic imine (C=N–C) groups is 1. The Balaban J connectivity index is 0.00000576. The van der Waals surface area contributed by atoms with E-state index in [2.05, 4.69) is 22.0 Å². The summed E-state index contributed by atoms with van der Waals surface area (Å²) in [5, 5.41) is 2.92. The molecular formula is C17H31IN4O2S. The van der Waals surface area contributed by atoms with Gasteiger partial charge in [-0.25, -0.2) is 13.1 Å². The second-order valence-electron chi connectivity index (χ2n) is 5.92. The fraction of sp³-hybridized carbons (Fsp3) is 0.588. The highest BCUT2D eigenvalue weighted by molar-refractivity contribution is 14.0. The molecule has 25 heavy (non-hydrogen) atoms. The third kappa shape index (κ3) is 9.41. The Morgan fingerprint density at radius 1 is 1.16 bits per heavy atom. The fourth-order valence-corrected chi connectivity index (χ4v) is 3.60. The Kier molecular flexibility index (Phi) is 12.0. The molecule has 1 aromatic carbocycles. The van der Waals surface area contributed by atoms with Crippen LogP contribution in [0, 0.1) is 13.8 Å². The zero-order chi connectivity index (χ0) is 18.0. The number of hydrogen-bond acceptors (Lipinski definition) is 3. The second kappa shape index (κ2) is 12.5. The Morgan fingerprint density at radius 3 is 2.56 bits per heavy atom. The number of unbranched alkanes of at least 4 members (excludes halogenated alkanes) is 3. The SMILES string of the molecule is CCCCCCN=C(N)NCCNS(=O)(=O)c1cc(C)ccc1C.I. The molecule has 0 spiro atoms. The van der Waals surface area contributed by atoms with Crippen molar-refractivity contribution >= 4 is 40.0 Å². The van der Waals surface area contributed by atoms with Gasteiger partial charge in [-0.05, 0) is 37.5 Å². The van der Waals surface area contributed by atoms with E-state index in [9.17, 15) is 8.42 Å². The molecule has 0 fully saturated rings. The van der Waals surface area contributed by atoms with Crippen LogP contribution in [-0.4, -0.2) is 34.0 Å². The predicted octanol–water partition coefficient (Wildman–Crippen LogP) is 2.68. The number of aryl methyl sites for hydroxylation is 2. The minimum Gasteiger partial charge on any atom is -0.370 e. The molecule has 4 N–H and O–H groups in total. The molecule has 0 amide bonds. The first kappa shape index (κ1) is 24.1. The lowest BCUT2D eigenvalue weighted by molar-refractivity contribution is 0.580.